The van der Waals surface area contributed by atoms with Crippen LogP contribution in [0.5, 0.6) is 0 Å². The number of imide groups is 1. The van der Waals surface area contributed by atoms with Crippen LogP contribution in [0.4, 0.5) is 5.69 Å². The van der Waals surface area contributed by atoms with Gasteiger partial charge in [-0.3, -0.25) is 24.1 Å². The molecule has 2 amide bonds. The van der Waals surface area contributed by atoms with E-state index in [9.17, 15) is 34.2 Å². The number of hydrogen-bond donors (Lipinski definition) is 2. The molecule has 1 aromatic heterocycles. The Morgan fingerprint density at radius 3 is 2.58 bits per heavy atom. The second-order valence-corrected chi connectivity index (χ2v) is 10.1. The summed E-state index contributed by atoms with van der Waals surface area (Å²) in [6.45, 7) is 1.24. The Kier molecular flexibility index (Phi) is 5.43. The van der Waals surface area contributed by atoms with E-state index >= 15 is 0 Å². The molecule has 3 aliphatic carbocycles. The minimum absolute atomic E-state index is 0.0459. The molecule has 9 heteroatoms. The lowest BCUT2D eigenvalue weighted by Crippen LogP contribution is -2.39. The predicted octanol–water partition coefficient (Wildman–Crippen LogP) is 3.10. The number of aliphatic hydroxyl groups is 1. The molecule has 2 aromatic rings. The summed E-state index contributed by atoms with van der Waals surface area (Å²) in [4.78, 5) is 66.3. The maximum absolute atomic E-state index is 13.8. The number of carbonyl (C=O) groups excluding carboxylic acids is 4. The van der Waals surface area contributed by atoms with Gasteiger partial charge < -0.3 is 14.6 Å². The second-order valence-electron chi connectivity index (χ2n) is 10.1. The van der Waals surface area contributed by atoms with Gasteiger partial charge in [0.25, 0.3) is 0 Å². The van der Waals surface area contributed by atoms with Crippen molar-refractivity contribution in [1.82, 2.24) is 0 Å². The van der Waals surface area contributed by atoms with Gasteiger partial charge in [0.1, 0.15) is 18.1 Å². The van der Waals surface area contributed by atoms with Crippen LogP contribution >= 0.6 is 0 Å². The van der Waals surface area contributed by atoms with Crippen molar-refractivity contribution in [3.8, 4) is 0 Å². The first kappa shape index (κ1) is 24.0. The normalized spacial score (nSPS) is 26.6. The van der Waals surface area contributed by atoms with Crippen molar-refractivity contribution >= 4 is 35.0 Å². The highest BCUT2D eigenvalue weighted by Crippen LogP contribution is 2.55. The Labute approximate surface area is 216 Å². The molecule has 2 N–H and O–H groups in total. The number of ketones is 2. The fourth-order valence-corrected chi connectivity index (χ4v) is 6.38. The van der Waals surface area contributed by atoms with Gasteiger partial charge in [-0.2, -0.15) is 0 Å². The standard InChI is InChI=1S/C29H23NO8/c1-13-9-21(32)24-20(26(13)33)11-19-17(25(24)22-8-5-16(12-31)38-22)6-7-18-23(19)28(35)30(27(18)34)15-4-2-3-14(10-15)29(36)37/h2-6,8-10,18-19,23,25,31H,7,11-12H2,1H3,(H,36,37)/t18-,19+,23-,25+/m0/s1. The van der Waals surface area contributed by atoms with Crippen molar-refractivity contribution in [2.75, 3.05) is 4.90 Å². The number of Topliss-reactive ketones (excluding diaryl/α,β-unsaturated/α-hetero) is 1. The average Bonchev–Trinajstić information content (AvgIpc) is 3.48. The van der Waals surface area contributed by atoms with Gasteiger partial charge in [0.15, 0.2) is 11.6 Å². The Morgan fingerprint density at radius 2 is 1.87 bits per heavy atom. The van der Waals surface area contributed by atoms with Crippen LogP contribution in [-0.2, 0) is 25.8 Å². The van der Waals surface area contributed by atoms with Gasteiger partial charge in [-0.05, 0) is 62.1 Å². The van der Waals surface area contributed by atoms with Crippen LogP contribution in [-0.4, -0.2) is 39.6 Å². The average molecular weight is 514 g/mol. The SMILES string of the molecule is CC1=CC(=O)C2=C(C[C@@H]3C(=CC[C@@H]4C(=O)N(c5cccc(C(=O)O)c5)C(=O)[C@@H]43)[C@@H]2c2ccc(CO)o2)C1=O. The quantitative estimate of drug-likeness (QED) is 0.361. The maximum atomic E-state index is 13.8. The number of aliphatic hydroxyl groups excluding tert-OH is 1. The van der Waals surface area contributed by atoms with Gasteiger partial charge in [-0.1, -0.05) is 17.7 Å². The third kappa shape index (κ3) is 3.39. The number of anilines is 1. The number of fused-ring (bicyclic) bond motifs is 3. The number of carbonyl (C=O) groups is 5. The number of aromatic carboxylic acids is 1. The zero-order chi connectivity index (χ0) is 26.9. The number of benzene rings is 1. The Balaban J connectivity index is 1.46. The molecule has 0 spiro atoms. The van der Waals surface area contributed by atoms with E-state index in [-0.39, 0.29) is 42.3 Å². The molecule has 0 unspecified atom stereocenters. The first-order valence-electron chi connectivity index (χ1n) is 12.3. The van der Waals surface area contributed by atoms with Crippen LogP contribution < -0.4 is 4.90 Å². The van der Waals surface area contributed by atoms with E-state index in [1.54, 1.807) is 19.1 Å². The molecule has 0 bridgehead atoms. The number of rotatable bonds is 4. The van der Waals surface area contributed by atoms with Crippen molar-refractivity contribution in [2.24, 2.45) is 17.8 Å². The Morgan fingerprint density at radius 1 is 1.08 bits per heavy atom. The summed E-state index contributed by atoms with van der Waals surface area (Å²) in [5.41, 5.74) is 1.81. The summed E-state index contributed by atoms with van der Waals surface area (Å²) < 4.78 is 5.84. The molecule has 1 fully saturated rings. The van der Waals surface area contributed by atoms with E-state index in [1.807, 2.05) is 6.08 Å². The zero-order valence-electron chi connectivity index (χ0n) is 20.3. The van der Waals surface area contributed by atoms with Crippen LogP contribution in [0.2, 0.25) is 0 Å². The first-order chi connectivity index (χ1) is 18.2. The molecule has 0 radical (unpaired) electrons. The summed E-state index contributed by atoms with van der Waals surface area (Å²) in [5, 5.41) is 18.9. The van der Waals surface area contributed by atoms with Crippen LogP contribution in [0, 0.1) is 17.8 Å². The molecule has 38 heavy (non-hydrogen) atoms. The molecular weight excluding hydrogens is 490 g/mol. The third-order valence-electron chi connectivity index (χ3n) is 8.04. The molecule has 1 saturated heterocycles. The van der Waals surface area contributed by atoms with Crippen molar-refractivity contribution in [1.29, 1.82) is 0 Å². The summed E-state index contributed by atoms with van der Waals surface area (Å²) in [6.07, 6.45) is 3.56. The molecule has 4 atom stereocenters. The topological polar surface area (TPSA) is 142 Å². The van der Waals surface area contributed by atoms with E-state index < -0.39 is 41.5 Å². The highest BCUT2D eigenvalue weighted by Gasteiger charge is 2.57. The van der Waals surface area contributed by atoms with Crippen LogP contribution in [0.25, 0.3) is 0 Å². The van der Waals surface area contributed by atoms with Gasteiger partial charge in [0, 0.05) is 16.7 Å². The molecule has 4 aliphatic rings. The number of carboxylic acids is 1. The first-order valence-corrected chi connectivity index (χ1v) is 12.3. The molecule has 1 aromatic carbocycles. The van der Waals surface area contributed by atoms with E-state index in [0.29, 0.717) is 28.2 Å². The number of carboxylic acid groups (broad SMARTS) is 1. The summed E-state index contributed by atoms with van der Waals surface area (Å²) in [7, 11) is 0. The van der Waals surface area contributed by atoms with Crippen molar-refractivity contribution in [3.63, 3.8) is 0 Å². The van der Waals surface area contributed by atoms with Crippen molar-refractivity contribution < 1.29 is 38.6 Å². The van der Waals surface area contributed by atoms with Gasteiger partial charge in [-0.25, -0.2) is 4.79 Å². The van der Waals surface area contributed by atoms with Gasteiger partial charge in [0.2, 0.25) is 11.8 Å². The summed E-state index contributed by atoms with van der Waals surface area (Å²) in [6, 6.07) is 8.94. The molecular formula is C29H23NO8. The number of allylic oxidation sites excluding steroid dienone is 6. The molecule has 2 heterocycles. The monoisotopic (exact) mass is 513 g/mol. The highest BCUT2D eigenvalue weighted by atomic mass is 16.4. The third-order valence-corrected chi connectivity index (χ3v) is 8.04. The van der Waals surface area contributed by atoms with E-state index in [2.05, 4.69) is 0 Å². The minimum Gasteiger partial charge on any atom is -0.478 e. The molecule has 0 saturated carbocycles. The number of hydrogen-bond acceptors (Lipinski definition) is 7. The molecule has 6 rings (SSSR count). The fourth-order valence-electron chi connectivity index (χ4n) is 6.38. The minimum atomic E-state index is -1.17. The van der Waals surface area contributed by atoms with E-state index in [0.717, 1.165) is 10.5 Å². The fraction of sp³-hybridized carbons (Fsp3) is 0.276. The lowest BCUT2D eigenvalue weighted by Gasteiger charge is -2.41. The lowest BCUT2D eigenvalue weighted by molar-refractivity contribution is -0.123. The zero-order valence-corrected chi connectivity index (χ0v) is 20.3. The van der Waals surface area contributed by atoms with E-state index in [1.165, 1.54) is 30.3 Å². The van der Waals surface area contributed by atoms with E-state index in [4.69, 9.17) is 4.42 Å². The van der Waals surface area contributed by atoms with Crippen molar-refractivity contribution in [3.05, 3.63) is 87.9 Å². The van der Waals surface area contributed by atoms with Gasteiger partial charge in [-0.15, -0.1) is 0 Å². The Hall–Kier alpha value is -4.37. The lowest BCUT2D eigenvalue weighted by atomic mass is 9.60. The second kappa shape index (κ2) is 8.59. The predicted molar refractivity (Wildman–Crippen MR) is 132 cm³/mol. The summed E-state index contributed by atoms with van der Waals surface area (Å²) in [5.74, 6) is -4.66. The molecule has 1 aliphatic heterocycles. The molecule has 9 nitrogen and oxygen atoms in total. The van der Waals surface area contributed by atoms with Gasteiger partial charge >= 0.3 is 5.97 Å². The highest BCUT2D eigenvalue weighted by molar-refractivity contribution is 6.25. The van der Waals surface area contributed by atoms with Crippen molar-refractivity contribution in [2.45, 2.75) is 32.3 Å². The summed E-state index contributed by atoms with van der Waals surface area (Å²) >= 11 is 0. The smallest absolute Gasteiger partial charge is 0.335 e. The molecule has 192 valence electrons. The van der Waals surface area contributed by atoms with Gasteiger partial charge in [0.05, 0.1) is 29.0 Å². The largest absolute Gasteiger partial charge is 0.478 e. The number of furan rings is 1. The number of amides is 2. The number of nitrogens with zero attached hydrogens (tertiary/aromatic N) is 1. The maximum Gasteiger partial charge on any atom is 0.335 e. The van der Waals surface area contributed by atoms with Crippen LogP contribution in [0.15, 0.2) is 75.3 Å². The Bertz CT molecular complexity index is 1550. The van der Waals surface area contributed by atoms with Crippen LogP contribution in [0.1, 0.15) is 47.6 Å². The van der Waals surface area contributed by atoms with Crippen LogP contribution in [0.3, 0.4) is 0 Å².